The molecule has 0 spiro atoms. The van der Waals surface area contributed by atoms with Gasteiger partial charge in [0.25, 0.3) is 0 Å². The number of carbonyl (C=O) groups excluding carboxylic acids is 1. The molecule has 0 saturated heterocycles. The van der Waals surface area contributed by atoms with Crippen molar-refractivity contribution < 1.29 is 14.3 Å². The minimum absolute atomic E-state index is 0.254. The lowest BCUT2D eigenvalue weighted by Crippen LogP contribution is -2.11. The van der Waals surface area contributed by atoms with Crippen LogP contribution in [-0.2, 0) is 4.74 Å². The molecule has 0 saturated carbocycles. The van der Waals surface area contributed by atoms with Gasteiger partial charge in [-0.15, -0.1) is 0 Å². The third-order valence-electron chi connectivity index (χ3n) is 1.86. The fourth-order valence-electron chi connectivity index (χ4n) is 1.14. The number of pyridine rings is 1. The van der Waals surface area contributed by atoms with Crippen molar-refractivity contribution in [1.82, 2.24) is 4.98 Å². The minimum Gasteiger partial charge on any atom is -0.491 e. The maximum absolute atomic E-state index is 11.6. The molecule has 0 fully saturated rings. The molecule has 4 heteroatoms. The summed E-state index contributed by atoms with van der Waals surface area (Å²) < 4.78 is 10.4. The van der Waals surface area contributed by atoms with E-state index in [0.717, 1.165) is 12.8 Å². The Morgan fingerprint density at radius 3 is 2.75 bits per heavy atom. The van der Waals surface area contributed by atoms with Gasteiger partial charge in [0.15, 0.2) is 11.4 Å². The Kier molecular flexibility index (Phi) is 5.32. The number of aromatic nitrogens is 1. The van der Waals surface area contributed by atoms with Crippen molar-refractivity contribution in [2.45, 2.75) is 26.7 Å². The van der Waals surface area contributed by atoms with Gasteiger partial charge in [0.05, 0.1) is 13.2 Å². The van der Waals surface area contributed by atoms with Crippen LogP contribution in [0.1, 0.15) is 37.2 Å². The molecule has 1 aromatic rings. The zero-order valence-electron chi connectivity index (χ0n) is 9.73. The zero-order valence-corrected chi connectivity index (χ0v) is 9.73. The van der Waals surface area contributed by atoms with Crippen LogP contribution in [-0.4, -0.2) is 24.2 Å². The van der Waals surface area contributed by atoms with E-state index in [-0.39, 0.29) is 5.69 Å². The van der Waals surface area contributed by atoms with E-state index in [4.69, 9.17) is 9.47 Å². The summed E-state index contributed by atoms with van der Waals surface area (Å²) >= 11 is 0. The summed E-state index contributed by atoms with van der Waals surface area (Å²) in [6.07, 6.45) is 3.24. The maximum atomic E-state index is 11.6. The number of rotatable bonds is 6. The van der Waals surface area contributed by atoms with E-state index in [1.54, 1.807) is 18.3 Å². The molecule has 1 rings (SSSR count). The molecular formula is C12H17NO3. The van der Waals surface area contributed by atoms with Gasteiger partial charge >= 0.3 is 5.97 Å². The van der Waals surface area contributed by atoms with Crippen LogP contribution in [0.4, 0.5) is 0 Å². The first kappa shape index (κ1) is 12.5. The molecule has 0 aliphatic heterocycles. The first-order chi connectivity index (χ1) is 7.79. The van der Waals surface area contributed by atoms with E-state index in [1.165, 1.54) is 0 Å². The Hall–Kier alpha value is -1.58. The van der Waals surface area contributed by atoms with Gasteiger partial charge in [-0.25, -0.2) is 9.78 Å². The minimum atomic E-state index is -0.423. The van der Waals surface area contributed by atoms with Gasteiger partial charge < -0.3 is 9.47 Å². The molecule has 16 heavy (non-hydrogen) atoms. The zero-order chi connectivity index (χ0) is 11.8. The van der Waals surface area contributed by atoms with Gasteiger partial charge in [0.1, 0.15) is 0 Å². The first-order valence-corrected chi connectivity index (χ1v) is 5.54. The molecular weight excluding hydrogens is 206 g/mol. The van der Waals surface area contributed by atoms with E-state index in [2.05, 4.69) is 4.98 Å². The summed E-state index contributed by atoms with van der Waals surface area (Å²) in [6.45, 7) is 4.92. The van der Waals surface area contributed by atoms with Crippen molar-refractivity contribution in [3.05, 3.63) is 24.0 Å². The number of hydrogen-bond donors (Lipinski definition) is 0. The molecule has 88 valence electrons. The van der Waals surface area contributed by atoms with Crippen LogP contribution in [0.25, 0.3) is 0 Å². The van der Waals surface area contributed by atoms with Gasteiger partial charge in [-0.2, -0.15) is 0 Å². The molecule has 0 atom stereocenters. The van der Waals surface area contributed by atoms with Gasteiger partial charge in [0, 0.05) is 6.20 Å². The second-order valence-corrected chi connectivity index (χ2v) is 3.33. The Labute approximate surface area is 95.6 Å². The third kappa shape index (κ3) is 3.53. The molecule has 1 heterocycles. The fourth-order valence-corrected chi connectivity index (χ4v) is 1.14. The summed E-state index contributed by atoms with van der Waals surface area (Å²) in [5.41, 5.74) is 0.254. The SMILES string of the molecule is CCCOC(=O)c1ncccc1OCCC. The molecule has 0 amide bonds. The number of esters is 1. The van der Waals surface area contributed by atoms with E-state index >= 15 is 0 Å². The Morgan fingerprint density at radius 2 is 2.06 bits per heavy atom. The lowest BCUT2D eigenvalue weighted by Gasteiger charge is -2.08. The lowest BCUT2D eigenvalue weighted by atomic mass is 10.3. The largest absolute Gasteiger partial charge is 0.491 e. The number of nitrogens with zero attached hydrogens (tertiary/aromatic N) is 1. The highest BCUT2D eigenvalue weighted by Gasteiger charge is 2.14. The molecule has 0 unspecified atom stereocenters. The quantitative estimate of drug-likeness (QED) is 0.695. The van der Waals surface area contributed by atoms with Crippen molar-refractivity contribution in [2.24, 2.45) is 0 Å². The highest BCUT2D eigenvalue weighted by Crippen LogP contribution is 2.16. The summed E-state index contributed by atoms with van der Waals surface area (Å²) in [5, 5.41) is 0. The molecule has 0 bridgehead atoms. The van der Waals surface area contributed by atoms with Crippen LogP contribution in [0.3, 0.4) is 0 Å². The third-order valence-corrected chi connectivity index (χ3v) is 1.86. The van der Waals surface area contributed by atoms with Crippen molar-refractivity contribution in [3.63, 3.8) is 0 Å². The van der Waals surface area contributed by atoms with Crippen LogP contribution < -0.4 is 4.74 Å². The predicted octanol–water partition coefficient (Wildman–Crippen LogP) is 2.44. The van der Waals surface area contributed by atoms with Crippen LogP contribution in [0.5, 0.6) is 5.75 Å². The normalized spacial score (nSPS) is 9.88. The lowest BCUT2D eigenvalue weighted by molar-refractivity contribution is 0.0493. The van der Waals surface area contributed by atoms with E-state index < -0.39 is 5.97 Å². The van der Waals surface area contributed by atoms with Crippen molar-refractivity contribution >= 4 is 5.97 Å². The smallest absolute Gasteiger partial charge is 0.360 e. The van der Waals surface area contributed by atoms with Crippen molar-refractivity contribution in [3.8, 4) is 5.75 Å². The average Bonchev–Trinajstić information content (AvgIpc) is 2.33. The second kappa shape index (κ2) is 6.82. The molecule has 4 nitrogen and oxygen atoms in total. The van der Waals surface area contributed by atoms with E-state index in [0.29, 0.717) is 19.0 Å². The standard InChI is InChI=1S/C12H17NO3/c1-3-8-15-10-6-5-7-13-11(10)12(14)16-9-4-2/h5-7H,3-4,8-9H2,1-2H3. The number of hydrogen-bond acceptors (Lipinski definition) is 4. The maximum Gasteiger partial charge on any atom is 0.360 e. The number of carbonyl (C=O) groups is 1. The molecule has 0 radical (unpaired) electrons. The first-order valence-electron chi connectivity index (χ1n) is 5.54. The number of ether oxygens (including phenoxy) is 2. The summed E-state index contributed by atoms with van der Waals surface area (Å²) in [4.78, 5) is 15.6. The highest BCUT2D eigenvalue weighted by atomic mass is 16.5. The van der Waals surface area contributed by atoms with Crippen LogP contribution in [0.15, 0.2) is 18.3 Å². The highest BCUT2D eigenvalue weighted by molar-refractivity contribution is 5.90. The van der Waals surface area contributed by atoms with Crippen LogP contribution in [0, 0.1) is 0 Å². The van der Waals surface area contributed by atoms with Gasteiger partial charge in [-0.05, 0) is 25.0 Å². The Bertz CT molecular complexity index is 339. The van der Waals surface area contributed by atoms with Crippen molar-refractivity contribution in [1.29, 1.82) is 0 Å². The molecule has 0 aliphatic rings. The topological polar surface area (TPSA) is 48.4 Å². The van der Waals surface area contributed by atoms with E-state index in [1.807, 2.05) is 13.8 Å². The Balaban J connectivity index is 2.73. The molecule has 0 aliphatic carbocycles. The summed E-state index contributed by atoms with van der Waals surface area (Å²) in [6, 6.07) is 3.47. The van der Waals surface area contributed by atoms with Gasteiger partial charge in [-0.1, -0.05) is 13.8 Å². The van der Waals surface area contributed by atoms with Crippen LogP contribution in [0.2, 0.25) is 0 Å². The average molecular weight is 223 g/mol. The fraction of sp³-hybridized carbons (Fsp3) is 0.500. The summed E-state index contributed by atoms with van der Waals surface area (Å²) in [5.74, 6) is 0.0685. The van der Waals surface area contributed by atoms with Crippen molar-refractivity contribution in [2.75, 3.05) is 13.2 Å². The van der Waals surface area contributed by atoms with Gasteiger partial charge in [-0.3, -0.25) is 0 Å². The summed E-state index contributed by atoms with van der Waals surface area (Å²) in [7, 11) is 0. The molecule has 1 aromatic heterocycles. The molecule has 0 aromatic carbocycles. The van der Waals surface area contributed by atoms with E-state index in [9.17, 15) is 4.79 Å². The molecule has 0 N–H and O–H groups in total. The monoisotopic (exact) mass is 223 g/mol. The van der Waals surface area contributed by atoms with Gasteiger partial charge in [0.2, 0.25) is 0 Å². The van der Waals surface area contributed by atoms with Crippen LogP contribution >= 0.6 is 0 Å². The second-order valence-electron chi connectivity index (χ2n) is 3.33. The Morgan fingerprint density at radius 1 is 1.31 bits per heavy atom. The predicted molar refractivity (Wildman–Crippen MR) is 60.6 cm³/mol.